The lowest BCUT2D eigenvalue weighted by atomic mass is 10.1. The maximum absolute atomic E-state index is 12.5. The van der Waals surface area contributed by atoms with E-state index in [1.54, 1.807) is 6.26 Å². The standard InChI is InChI=1S/C13H19NO2S/c1-13(2,3)17(15)14-9-5-4-7-11(14)12-8-6-10-16-12/h4,6-8,10-11H,5,9H2,1-3H3/t11-,17?/m0/s1. The van der Waals surface area contributed by atoms with Crippen LogP contribution in [0, 0.1) is 0 Å². The Balaban J connectivity index is 2.27. The smallest absolute Gasteiger partial charge is 0.125 e. The minimum Gasteiger partial charge on any atom is -0.467 e. The van der Waals surface area contributed by atoms with Gasteiger partial charge in [-0.1, -0.05) is 12.2 Å². The van der Waals surface area contributed by atoms with Gasteiger partial charge in [0.2, 0.25) is 0 Å². The van der Waals surface area contributed by atoms with Crippen LogP contribution in [-0.4, -0.2) is 19.8 Å². The van der Waals surface area contributed by atoms with Gasteiger partial charge in [0.05, 0.1) is 17.1 Å². The van der Waals surface area contributed by atoms with E-state index in [0.717, 1.165) is 18.7 Å². The van der Waals surface area contributed by atoms with Gasteiger partial charge in [-0.25, -0.2) is 8.51 Å². The molecule has 4 heteroatoms. The van der Waals surface area contributed by atoms with Crippen LogP contribution in [0.4, 0.5) is 0 Å². The highest BCUT2D eigenvalue weighted by Crippen LogP contribution is 2.31. The number of hydrogen-bond donors (Lipinski definition) is 0. The average molecular weight is 253 g/mol. The van der Waals surface area contributed by atoms with Crippen molar-refractivity contribution in [1.82, 2.24) is 4.31 Å². The van der Waals surface area contributed by atoms with E-state index in [1.165, 1.54) is 0 Å². The quantitative estimate of drug-likeness (QED) is 0.759. The first kappa shape index (κ1) is 12.6. The highest BCUT2D eigenvalue weighted by atomic mass is 32.2. The molecule has 1 aromatic rings. The first-order valence-corrected chi connectivity index (χ1v) is 6.99. The number of hydrogen-bond acceptors (Lipinski definition) is 2. The fraction of sp³-hybridized carbons (Fsp3) is 0.538. The van der Waals surface area contributed by atoms with E-state index < -0.39 is 11.0 Å². The van der Waals surface area contributed by atoms with Gasteiger partial charge in [0.25, 0.3) is 0 Å². The lowest BCUT2D eigenvalue weighted by molar-refractivity contribution is 0.327. The largest absolute Gasteiger partial charge is 0.467 e. The van der Waals surface area contributed by atoms with E-state index in [2.05, 4.69) is 12.2 Å². The van der Waals surface area contributed by atoms with Crippen molar-refractivity contribution in [3.05, 3.63) is 36.3 Å². The van der Waals surface area contributed by atoms with Crippen molar-refractivity contribution in [1.29, 1.82) is 0 Å². The lowest BCUT2D eigenvalue weighted by Crippen LogP contribution is -2.41. The SMILES string of the molecule is CC(C)(C)S(=O)N1CCC=C[C@H]1c1ccco1. The van der Waals surface area contributed by atoms with Crippen LogP contribution in [0.2, 0.25) is 0 Å². The van der Waals surface area contributed by atoms with Crippen molar-refractivity contribution in [3.8, 4) is 0 Å². The monoisotopic (exact) mass is 253 g/mol. The molecule has 3 nitrogen and oxygen atoms in total. The fourth-order valence-electron chi connectivity index (χ4n) is 1.90. The molecule has 0 bridgehead atoms. The summed E-state index contributed by atoms with van der Waals surface area (Å²) in [6, 6.07) is 3.81. The molecule has 0 saturated heterocycles. The van der Waals surface area contributed by atoms with Crippen LogP contribution in [0.15, 0.2) is 35.0 Å². The van der Waals surface area contributed by atoms with E-state index in [-0.39, 0.29) is 10.8 Å². The molecule has 0 fully saturated rings. The zero-order valence-corrected chi connectivity index (χ0v) is 11.4. The summed E-state index contributed by atoms with van der Waals surface area (Å²) in [6.45, 7) is 6.81. The third-order valence-electron chi connectivity index (χ3n) is 2.72. The Morgan fingerprint density at radius 3 is 2.82 bits per heavy atom. The lowest BCUT2D eigenvalue weighted by Gasteiger charge is -2.34. The summed E-state index contributed by atoms with van der Waals surface area (Å²) in [4.78, 5) is 0. The molecule has 0 amide bonds. The van der Waals surface area contributed by atoms with E-state index >= 15 is 0 Å². The fourth-order valence-corrected chi connectivity index (χ4v) is 3.25. The maximum Gasteiger partial charge on any atom is 0.125 e. The maximum atomic E-state index is 12.5. The number of rotatable bonds is 2. The van der Waals surface area contributed by atoms with Crippen LogP contribution in [0.3, 0.4) is 0 Å². The van der Waals surface area contributed by atoms with E-state index in [4.69, 9.17) is 4.42 Å². The summed E-state index contributed by atoms with van der Waals surface area (Å²) in [6.07, 6.45) is 6.81. The van der Waals surface area contributed by atoms with E-state index in [9.17, 15) is 4.21 Å². The molecular weight excluding hydrogens is 234 g/mol. The Morgan fingerprint density at radius 2 is 2.24 bits per heavy atom. The number of furan rings is 1. The number of nitrogens with zero attached hydrogens (tertiary/aromatic N) is 1. The summed E-state index contributed by atoms with van der Waals surface area (Å²) in [5, 5.41) is 0. The summed E-state index contributed by atoms with van der Waals surface area (Å²) in [5.41, 5.74) is 0. The molecule has 0 radical (unpaired) electrons. The summed E-state index contributed by atoms with van der Waals surface area (Å²) >= 11 is 0. The second kappa shape index (κ2) is 4.78. The van der Waals surface area contributed by atoms with Gasteiger partial charge in [0, 0.05) is 6.54 Å². The minimum absolute atomic E-state index is 0.00110. The molecule has 1 aliphatic rings. The molecule has 0 aliphatic carbocycles. The molecule has 0 spiro atoms. The molecule has 2 atom stereocenters. The van der Waals surface area contributed by atoms with Crippen LogP contribution in [0.1, 0.15) is 39.0 Å². The van der Waals surface area contributed by atoms with Gasteiger partial charge in [-0.05, 0) is 39.3 Å². The van der Waals surface area contributed by atoms with Crippen molar-refractivity contribution < 1.29 is 8.63 Å². The second-order valence-electron chi connectivity index (χ2n) is 5.18. The van der Waals surface area contributed by atoms with Gasteiger partial charge in [-0.3, -0.25) is 0 Å². The Kier molecular flexibility index (Phi) is 3.54. The highest BCUT2D eigenvalue weighted by Gasteiger charge is 2.33. The summed E-state index contributed by atoms with van der Waals surface area (Å²) in [5.74, 6) is 0.860. The van der Waals surface area contributed by atoms with Gasteiger partial charge in [-0.2, -0.15) is 0 Å². The minimum atomic E-state index is -1.02. The first-order valence-electron chi connectivity index (χ1n) is 5.89. The second-order valence-corrected chi connectivity index (χ2v) is 7.37. The first-order chi connectivity index (χ1) is 8.00. The normalized spacial score (nSPS) is 23.8. The molecule has 0 saturated carbocycles. The molecule has 94 valence electrons. The molecular formula is C13H19NO2S. The van der Waals surface area contributed by atoms with E-state index in [1.807, 2.05) is 37.2 Å². The van der Waals surface area contributed by atoms with Crippen molar-refractivity contribution >= 4 is 11.0 Å². The third kappa shape index (κ3) is 2.69. The Hall–Kier alpha value is -0.870. The van der Waals surface area contributed by atoms with Crippen LogP contribution in [-0.2, 0) is 11.0 Å². The van der Waals surface area contributed by atoms with Gasteiger partial charge in [0.15, 0.2) is 0 Å². The topological polar surface area (TPSA) is 33.5 Å². The molecule has 1 aliphatic heterocycles. The molecule has 0 aromatic carbocycles. The van der Waals surface area contributed by atoms with Gasteiger partial charge in [0.1, 0.15) is 16.7 Å². The molecule has 1 aromatic heterocycles. The van der Waals surface area contributed by atoms with Gasteiger partial charge in [-0.15, -0.1) is 0 Å². The third-order valence-corrected chi connectivity index (χ3v) is 4.60. The summed E-state index contributed by atoms with van der Waals surface area (Å²) < 4.78 is 19.7. The van der Waals surface area contributed by atoms with Crippen molar-refractivity contribution in [3.63, 3.8) is 0 Å². The Labute approximate surface area is 105 Å². The van der Waals surface area contributed by atoms with Crippen molar-refractivity contribution in [2.45, 2.75) is 38.0 Å². The molecule has 2 rings (SSSR count). The zero-order valence-electron chi connectivity index (χ0n) is 10.6. The van der Waals surface area contributed by atoms with Crippen LogP contribution >= 0.6 is 0 Å². The highest BCUT2D eigenvalue weighted by molar-refractivity contribution is 7.84. The van der Waals surface area contributed by atoms with Gasteiger partial charge >= 0.3 is 0 Å². The van der Waals surface area contributed by atoms with E-state index in [0.29, 0.717) is 0 Å². The summed E-state index contributed by atoms with van der Waals surface area (Å²) in [7, 11) is -1.02. The van der Waals surface area contributed by atoms with Crippen LogP contribution in [0.5, 0.6) is 0 Å². The zero-order chi connectivity index (χ0) is 12.5. The predicted molar refractivity (Wildman–Crippen MR) is 69.8 cm³/mol. The van der Waals surface area contributed by atoms with Crippen LogP contribution < -0.4 is 0 Å². The molecule has 17 heavy (non-hydrogen) atoms. The Bertz CT molecular complexity index is 417. The van der Waals surface area contributed by atoms with Crippen molar-refractivity contribution in [2.24, 2.45) is 0 Å². The van der Waals surface area contributed by atoms with Crippen molar-refractivity contribution in [2.75, 3.05) is 6.54 Å². The molecule has 0 N–H and O–H groups in total. The van der Waals surface area contributed by atoms with Gasteiger partial charge < -0.3 is 4.42 Å². The average Bonchev–Trinajstić information content (AvgIpc) is 2.80. The Morgan fingerprint density at radius 1 is 1.47 bits per heavy atom. The van der Waals surface area contributed by atoms with Crippen LogP contribution in [0.25, 0.3) is 0 Å². The molecule has 2 heterocycles. The predicted octanol–water partition coefficient (Wildman–Crippen LogP) is 3.04. The molecule has 1 unspecified atom stereocenters.